The fourth-order valence-electron chi connectivity index (χ4n) is 4.35. The molecule has 0 saturated heterocycles. The van der Waals surface area contributed by atoms with Crippen LogP contribution in [0.15, 0.2) is 78.9 Å². The Labute approximate surface area is 218 Å². The molecule has 0 aliphatic carbocycles. The lowest BCUT2D eigenvalue weighted by atomic mass is 10.1. The van der Waals surface area contributed by atoms with E-state index in [9.17, 15) is 9.59 Å². The summed E-state index contributed by atoms with van der Waals surface area (Å²) in [6, 6.07) is 25.4. The summed E-state index contributed by atoms with van der Waals surface area (Å²) in [5.41, 5.74) is 6.26. The van der Waals surface area contributed by atoms with Gasteiger partial charge in [0, 0.05) is 17.7 Å². The molecule has 1 N–H and O–H groups in total. The number of aryl methyl sites for hydroxylation is 3. The van der Waals surface area contributed by atoms with Gasteiger partial charge in [-0.1, -0.05) is 79.6 Å². The molecule has 1 heterocycles. The molecule has 37 heavy (non-hydrogen) atoms. The second kappa shape index (κ2) is 11.2. The van der Waals surface area contributed by atoms with Crippen LogP contribution in [0, 0.1) is 26.7 Å². The number of hydrogen-bond acceptors (Lipinski definition) is 3. The zero-order valence-corrected chi connectivity index (χ0v) is 22.2. The summed E-state index contributed by atoms with van der Waals surface area (Å²) < 4.78 is 1.77. The van der Waals surface area contributed by atoms with Crippen LogP contribution in [0.2, 0.25) is 0 Å². The van der Waals surface area contributed by atoms with Crippen LogP contribution in [0.4, 0.5) is 5.82 Å². The number of nitrogens with zero attached hydrogens (tertiary/aromatic N) is 3. The van der Waals surface area contributed by atoms with Gasteiger partial charge in [0.1, 0.15) is 12.4 Å². The Bertz CT molecular complexity index is 1370. The van der Waals surface area contributed by atoms with E-state index in [1.54, 1.807) is 9.58 Å². The number of aromatic nitrogens is 2. The number of benzene rings is 3. The molecule has 0 spiro atoms. The van der Waals surface area contributed by atoms with Crippen molar-refractivity contribution in [2.75, 3.05) is 18.4 Å². The fraction of sp³-hybridized carbons (Fsp3) is 0.258. The topological polar surface area (TPSA) is 67.2 Å². The number of carbonyl (C=O) groups is 2. The number of hydrogen-bond donors (Lipinski definition) is 1. The van der Waals surface area contributed by atoms with E-state index in [4.69, 9.17) is 5.10 Å². The molecule has 6 nitrogen and oxygen atoms in total. The van der Waals surface area contributed by atoms with Crippen LogP contribution in [0.3, 0.4) is 0 Å². The molecular formula is C31H34N4O2. The zero-order valence-electron chi connectivity index (χ0n) is 22.2. The molecule has 1 aromatic heterocycles. The van der Waals surface area contributed by atoms with Gasteiger partial charge in [-0.25, -0.2) is 4.68 Å². The molecule has 4 aromatic rings. The monoisotopic (exact) mass is 494 g/mol. The quantitative estimate of drug-likeness (QED) is 0.317. The normalized spacial score (nSPS) is 11.0. The molecule has 2 amide bonds. The van der Waals surface area contributed by atoms with E-state index in [0.717, 1.165) is 33.6 Å². The van der Waals surface area contributed by atoms with E-state index in [0.29, 0.717) is 17.9 Å². The summed E-state index contributed by atoms with van der Waals surface area (Å²) in [4.78, 5) is 28.4. The predicted octanol–water partition coefficient (Wildman–Crippen LogP) is 6.20. The van der Waals surface area contributed by atoms with E-state index in [2.05, 4.69) is 5.32 Å². The lowest BCUT2D eigenvalue weighted by Crippen LogP contribution is -2.40. The van der Waals surface area contributed by atoms with E-state index >= 15 is 0 Å². The third-order valence-corrected chi connectivity index (χ3v) is 6.16. The summed E-state index contributed by atoms with van der Waals surface area (Å²) in [5, 5.41) is 7.88. The third kappa shape index (κ3) is 6.15. The highest BCUT2D eigenvalue weighted by Crippen LogP contribution is 2.33. The van der Waals surface area contributed by atoms with Crippen LogP contribution in [-0.4, -0.2) is 39.6 Å². The minimum absolute atomic E-state index is 0.0583. The van der Waals surface area contributed by atoms with Crippen molar-refractivity contribution in [2.24, 2.45) is 5.92 Å². The Hall–Kier alpha value is -4.19. The number of anilines is 1. The van der Waals surface area contributed by atoms with Gasteiger partial charge in [0.15, 0.2) is 0 Å². The smallest absolute Gasteiger partial charge is 0.254 e. The minimum Gasteiger partial charge on any atom is -0.329 e. The maximum atomic E-state index is 13.5. The second-order valence-electron chi connectivity index (χ2n) is 9.92. The molecule has 4 rings (SSSR count). The van der Waals surface area contributed by atoms with Crippen LogP contribution >= 0.6 is 0 Å². The van der Waals surface area contributed by atoms with Gasteiger partial charge in [-0.15, -0.1) is 0 Å². The van der Waals surface area contributed by atoms with Crippen LogP contribution in [-0.2, 0) is 4.79 Å². The van der Waals surface area contributed by atoms with Crippen molar-refractivity contribution in [1.29, 1.82) is 0 Å². The van der Waals surface area contributed by atoms with Crippen molar-refractivity contribution in [3.8, 4) is 16.8 Å². The Kier molecular flexibility index (Phi) is 7.87. The van der Waals surface area contributed by atoms with Crippen molar-refractivity contribution in [3.05, 3.63) is 101 Å². The van der Waals surface area contributed by atoms with Crippen LogP contribution in [0.1, 0.15) is 41.0 Å². The van der Waals surface area contributed by atoms with Crippen LogP contribution in [0.25, 0.3) is 16.8 Å². The van der Waals surface area contributed by atoms with E-state index in [-0.39, 0.29) is 24.3 Å². The van der Waals surface area contributed by atoms with E-state index < -0.39 is 0 Å². The Morgan fingerprint density at radius 1 is 0.865 bits per heavy atom. The summed E-state index contributed by atoms with van der Waals surface area (Å²) in [5.74, 6) is 0.370. The molecule has 0 aliphatic heterocycles. The zero-order chi connectivity index (χ0) is 26.5. The summed E-state index contributed by atoms with van der Waals surface area (Å²) in [7, 11) is 0. The van der Waals surface area contributed by atoms with Crippen molar-refractivity contribution >= 4 is 17.6 Å². The molecule has 0 unspecified atom stereocenters. The van der Waals surface area contributed by atoms with Gasteiger partial charge in [-0.05, 0) is 56.5 Å². The van der Waals surface area contributed by atoms with Gasteiger partial charge in [0.2, 0.25) is 5.91 Å². The number of amides is 2. The highest BCUT2D eigenvalue weighted by atomic mass is 16.2. The van der Waals surface area contributed by atoms with Gasteiger partial charge in [-0.3, -0.25) is 9.59 Å². The SMILES string of the molecule is Cc1ccc(C(=O)N(CC(=O)Nc2c(-c3ccccc3)c(C)nn2-c2ccc(C)cc2)CC(C)C)cc1. The fourth-order valence-corrected chi connectivity index (χ4v) is 4.35. The molecule has 0 saturated carbocycles. The molecular weight excluding hydrogens is 460 g/mol. The number of carbonyl (C=O) groups excluding carboxylic acids is 2. The van der Waals surface area contributed by atoms with Crippen molar-refractivity contribution in [2.45, 2.75) is 34.6 Å². The van der Waals surface area contributed by atoms with Crippen molar-refractivity contribution in [3.63, 3.8) is 0 Å². The average molecular weight is 495 g/mol. The Balaban J connectivity index is 1.68. The van der Waals surface area contributed by atoms with Crippen molar-refractivity contribution < 1.29 is 9.59 Å². The Morgan fingerprint density at radius 3 is 2.05 bits per heavy atom. The summed E-state index contributed by atoms with van der Waals surface area (Å²) in [6.45, 7) is 10.4. The summed E-state index contributed by atoms with van der Waals surface area (Å²) >= 11 is 0. The Morgan fingerprint density at radius 2 is 1.46 bits per heavy atom. The number of rotatable bonds is 8. The molecule has 0 radical (unpaired) electrons. The molecule has 0 aliphatic rings. The molecule has 6 heteroatoms. The van der Waals surface area contributed by atoms with Crippen LogP contribution in [0.5, 0.6) is 0 Å². The first-order valence-corrected chi connectivity index (χ1v) is 12.6. The average Bonchev–Trinajstić information content (AvgIpc) is 3.19. The third-order valence-electron chi connectivity index (χ3n) is 6.16. The van der Waals surface area contributed by atoms with Gasteiger partial charge in [-0.2, -0.15) is 5.10 Å². The largest absolute Gasteiger partial charge is 0.329 e. The molecule has 190 valence electrons. The van der Waals surface area contributed by atoms with Gasteiger partial charge in [0.25, 0.3) is 5.91 Å². The lowest BCUT2D eigenvalue weighted by molar-refractivity contribution is -0.117. The van der Waals surface area contributed by atoms with Gasteiger partial charge in [0.05, 0.1) is 11.4 Å². The maximum Gasteiger partial charge on any atom is 0.254 e. The molecule has 0 fully saturated rings. The maximum absolute atomic E-state index is 13.5. The molecule has 3 aromatic carbocycles. The minimum atomic E-state index is -0.272. The highest BCUT2D eigenvalue weighted by Gasteiger charge is 2.24. The van der Waals surface area contributed by atoms with Gasteiger partial charge < -0.3 is 10.2 Å². The first kappa shape index (κ1) is 25.9. The standard InChI is InChI=1S/C31H34N4O2/c1-21(2)19-34(31(37)26-15-11-22(3)12-16-26)20-28(36)32-30-29(25-9-7-6-8-10-25)24(5)33-35(30)27-17-13-23(4)14-18-27/h6-18,21H,19-20H2,1-5H3,(H,32,36). The lowest BCUT2D eigenvalue weighted by Gasteiger charge is -2.24. The van der Waals surface area contributed by atoms with E-state index in [1.807, 2.05) is 113 Å². The molecule has 0 atom stereocenters. The van der Waals surface area contributed by atoms with Crippen molar-refractivity contribution in [1.82, 2.24) is 14.7 Å². The predicted molar refractivity (Wildman–Crippen MR) is 149 cm³/mol. The second-order valence-corrected chi connectivity index (χ2v) is 9.92. The van der Waals surface area contributed by atoms with E-state index in [1.165, 1.54) is 0 Å². The number of nitrogens with one attached hydrogen (secondary N) is 1. The highest BCUT2D eigenvalue weighted by molar-refractivity contribution is 6.01. The molecule has 0 bridgehead atoms. The van der Waals surface area contributed by atoms with Gasteiger partial charge >= 0.3 is 0 Å². The summed E-state index contributed by atoms with van der Waals surface area (Å²) in [6.07, 6.45) is 0. The first-order chi connectivity index (χ1) is 17.7. The van der Waals surface area contributed by atoms with Crippen LogP contribution < -0.4 is 5.32 Å². The first-order valence-electron chi connectivity index (χ1n) is 12.6.